The minimum atomic E-state index is -0.634. The zero-order valence-corrected chi connectivity index (χ0v) is 13.1. The monoisotopic (exact) mass is 337 g/mol. The zero-order valence-electron chi connectivity index (χ0n) is 13.1. The first-order valence-corrected chi connectivity index (χ1v) is 7.77. The van der Waals surface area contributed by atoms with Crippen molar-refractivity contribution in [2.24, 2.45) is 0 Å². The number of benzene rings is 1. The molecule has 1 saturated heterocycles. The lowest BCUT2D eigenvalue weighted by Crippen LogP contribution is -2.42. The van der Waals surface area contributed by atoms with Gasteiger partial charge in [0.2, 0.25) is 11.8 Å². The van der Waals surface area contributed by atoms with Crippen LogP contribution in [0.5, 0.6) is 0 Å². The van der Waals surface area contributed by atoms with Crippen molar-refractivity contribution < 1.29 is 23.5 Å². The summed E-state index contributed by atoms with van der Waals surface area (Å²) in [5.74, 6) is -1.94. The Morgan fingerprint density at radius 2 is 1.96 bits per heavy atom. The summed E-state index contributed by atoms with van der Waals surface area (Å²) in [6.07, 6.45) is 1.91. The summed E-state index contributed by atoms with van der Waals surface area (Å²) in [7, 11) is 0. The predicted octanol–water partition coefficient (Wildman–Crippen LogP) is 0.662. The second kappa shape index (κ2) is 8.97. The Bertz CT molecular complexity index is 603. The maximum Gasteiger partial charge on any atom is 0.269 e. The molecule has 3 amide bonds. The molecule has 2 rings (SSSR count). The molecule has 0 aromatic heterocycles. The van der Waals surface area contributed by atoms with E-state index < -0.39 is 17.6 Å². The summed E-state index contributed by atoms with van der Waals surface area (Å²) in [4.78, 5) is 34.9. The first kappa shape index (κ1) is 17.9. The number of carbonyl (C=O) groups excluding carboxylic acids is 3. The summed E-state index contributed by atoms with van der Waals surface area (Å²) < 4.78 is 18.4. The third-order valence-electron chi connectivity index (χ3n) is 3.53. The first-order chi connectivity index (χ1) is 11.5. The number of carbonyl (C=O) groups is 3. The fourth-order valence-corrected chi connectivity index (χ4v) is 2.24. The number of ether oxygens (including phenoxy) is 1. The second-order valence-electron chi connectivity index (χ2n) is 5.45. The molecule has 3 N–H and O–H groups in total. The van der Waals surface area contributed by atoms with Gasteiger partial charge < -0.3 is 10.1 Å². The molecule has 0 aliphatic carbocycles. The smallest absolute Gasteiger partial charge is 0.269 e. The molecule has 1 atom stereocenters. The standard InChI is InChI=1S/C16H20FN3O4/c17-12-4-1-3-11(9-12)16(23)20-19-15(22)7-6-14(21)18-10-13-5-2-8-24-13/h1,3-4,9,13H,2,5-8,10H2,(H,18,21)(H,19,22)(H,20,23)/t13-/m1/s1. The molecular weight excluding hydrogens is 317 g/mol. The van der Waals surface area contributed by atoms with Crippen LogP contribution in [0.25, 0.3) is 0 Å². The molecule has 1 aromatic carbocycles. The van der Waals surface area contributed by atoms with E-state index in [1.165, 1.54) is 18.2 Å². The quantitative estimate of drug-likeness (QED) is 0.665. The van der Waals surface area contributed by atoms with E-state index in [0.29, 0.717) is 13.2 Å². The van der Waals surface area contributed by atoms with E-state index in [1.807, 2.05) is 0 Å². The summed E-state index contributed by atoms with van der Waals surface area (Å²) in [6, 6.07) is 5.08. The molecule has 1 heterocycles. The summed E-state index contributed by atoms with van der Waals surface area (Å²) in [5, 5.41) is 2.70. The fraction of sp³-hybridized carbons (Fsp3) is 0.438. The Morgan fingerprint density at radius 1 is 1.17 bits per heavy atom. The number of halogens is 1. The highest BCUT2D eigenvalue weighted by Crippen LogP contribution is 2.10. The molecule has 1 aliphatic rings. The largest absolute Gasteiger partial charge is 0.376 e. The van der Waals surface area contributed by atoms with E-state index in [2.05, 4.69) is 16.2 Å². The Hall–Kier alpha value is -2.48. The van der Waals surface area contributed by atoms with Crippen molar-refractivity contribution >= 4 is 17.7 Å². The van der Waals surface area contributed by atoms with Gasteiger partial charge in [0.05, 0.1) is 6.10 Å². The highest BCUT2D eigenvalue weighted by atomic mass is 19.1. The Labute approximate surface area is 138 Å². The van der Waals surface area contributed by atoms with Gasteiger partial charge in [-0.3, -0.25) is 25.2 Å². The van der Waals surface area contributed by atoms with Crippen LogP contribution in [0.1, 0.15) is 36.0 Å². The number of nitrogens with one attached hydrogen (secondary N) is 3. The van der Waals surface area contributed by atoms with E-state index >= 15 is 0 Å². The number of hydrogen-bond donors (Lipinski definition) is 3. The van der Waals surface area contributed by atoms with Crippen LogP contribution in [0.2, 0.25) is 0 Å². The molecular formula is C16H20FN3O4. The van der Waals surface area contributed by atoms with Gasteiger partial charge in [-0.1, -0.05) is 6.07 Å². The van der Waals surface area contributed by atoms with E-state index in [-0.39, 0.29) is 30.4 Å². The fourth-order valence-electron chi connectivity index (χ4n) is 2.24. The van der Waals surface area contributed by atoms with Crippen LogP contribution in [0.4, 0.5) is 4.39 Å². The van der Waals surface area contributed by atoms with Crippen molar-refractivity contribution in [3.8, 4) is 0 Å². The molecule has 1 aromatic rings. The highest BCUT2D eigenvalue weighted by Gasteiger charge is 2.16. The van der Waals surface area contributed by atoms with Gasteiger partial charge in [0.1, 0.15) is 5.82 Å². The minimum absolute atomic E-state index is 0.00832. The zero-order chi connectivity index (χ0) is 17.4. The second-order valence-corrected chi connectivity index (χ2v) is 5.45. The van der Waals surface area contributed by atoms with Crippen LogP contribution >= 0.6 is 0 Å². The van der Waals surface area contributed by atoms with Crippen LogP contribution < -0.4 is 16.2 Å². The lowest BCUT2D eigenvalue weighted by Gasteiger charge is -2.11. The Morgan fingerprint density at radius 3 is 2.67 bits per heavy atom. The average Bonchev–Trinajstić information content (AvgIpc) is 3.09. The van der Waals surface area contributed by atoms with Crippen molar-refractivity contribution in [1.82, 2.24) is 16.2 Å². The maximum absolute atomic E-state index is 13.0. The average molecular weight is 337 g/mol. The highest BCUT2D eigenvalue weighted by molar-refractivity contribution is 5.95. The van der Waals surface area contributed by atoms with Crippen LogP contribution in [0.3, 0.4) is 0 Å². The lowest BCUT2D eigenvalue weighted by atomic mass is 10.2. The van der Waals surface area contributed by atoms with Crippen molar-refractivity contribution in [2.45, 2.75) is 31.8 Å². The number of amides is 3. The molecule has 130 valence electrons. The molecule has 24 heavy (non-hydrogen) atoms. The summed E-state index contributed by atoms with van der Waals surface area (Å²) in [5.41, 5.74) is 4.44. The van der Waals surface area contributed by atoms with E-state index in [9.17, 15) is 18.8 Å². The van der Waals surface area contributed by atoms with Gasteiger partial charge in [-0.25, -0.2) is 4.39 Å². The molecule has 0 bridgehead atoms. The van der Waals surface area contributed by atoms with Gasteiger partial charge in [0, 0.05) is 31.6 Å². The first-order valence-electron chi connectivity index (χ1n) is 7.77. The molecule has 8 heteroatoms. The number of hydrogen-bond acceptors (Lipinski definition) is 4. The van der Waals surface area contributed by atoms with Crippen LogP contribution in [0, 0.1) is 5.82 Å². The van der Waals surface area contributed by atoms with Crippen molar-refractivity contribution in [3.05, 3.63) is 35.6 Å². The van der Waals surface area contributed by atoms with Crippen LogP contribution in [0.15, 0.2) is 24.3 Å². The molecule has 0 unspecified atom stereocenters. The van der Waals surface area contributed by atoms with Gasteiger partial charge in [-0.2, -0.15) is 0 Å². The third kappa shape index (κ3) is 5.96. The van der Waals surface area contributed by atoms with E-state index in [4.69, 9.17) is 4.74 Å². The van der Waals surface area contributed by atoms with E-state index in [0.717, 1.165) is 18.9 Å². The topological polar surface area (TPSA) is 96.5 Å². The molecule has 1 aliphatic heterocycles. The summed E-state index contributed by atoms with van der Waals surface area (Å²) >= 11 is 0. The Kier molecular flexibility index (Phi) is 6.68. The van der Waals surface area contributed by atoms with Crippen molar-refractivity contribution in [1.29, 1.82) is 0 Å². The van der Waals surface area contributed by atoms with Gasteiger partial charge in [0.25, 0.3) is 5.91 Å². The van der Waals surface area contributed by atoms with Gasteiger partial charge >= 0.3 is 0 Å². The maximum atomic E-state index is 13.0. The van der Waals surface area contributed by atoms with Gasteiger partial charge in [-0.15, -0.1) is 0 Å². The molecule has 1 fully saturated rings. The third-order valence-corrected chi connectivity index (χ3v) is 3.53. The number of rotatable bonds is 6. The Balaban J connectivity index is 1.62. The normalized spacial score (nSPS) is 16.5. The lowest BCUT2D eigenvalue weighted by molar-refractivity contribution is -0.127. The van der Waals surface area contributed by atoms with Gasteiger partial charge in [0.15, 0.2) is 0 Å². The van der Waals surface area contributed by atoms with Gasteiger partial charge in [-0.05, 0) is 31.0 Å². The molecule has 0 spiro atoms. The molecule has 7 nitrogen and oxygen atoms in total. The van der Waals surface area contributed by atoms with Crippen molar-refractivity contribution in [2.75, 3.05) is 13.2 Å². The molecule has 0 radical (unpaired) electrons. The van der Waals surface area contributed by atoms with E-state index in [1.54, 1.807) is 0 Å². The SMILES string of the molecule is O=C(CCC(=O)NNC(=O)c1cccc(F)c1)NC[C@H]1CCCO1. The van der Waals surface area contributed by atoms with Crippen LogP contribution in [-0.4, -0.2) is 37.0 Å². The molecule has 0 saturated carbocycles. The number of hydrazine groups is 1. The van der Waals surface area contributed by atoms with Crippen LogP contribution in [-0.2, 0) is 14.3 Å². The summed E-state index contributed by atoms with van der Waals surface area (Å²) in [6.45, 7) is 1.16. The van der Waals surface area contributed by atoms with Crippen molar-refractivity contribution in [3.63, 3.8) is 0 Å². The predicted molar refractivity (Wildman–Crippen MR) is 83.2 cm³/mol. The minimum Gasteiger partial charge on any atom is -0.376 e.